The molecule has 0 bridgehead atoms. The number of carboxylic acids is 1. The van der Waals surface area contributed by atoms with Crippen LogP contribution in [0.5, 0.6) is 0 Å². The summed E-state index contributed by atoms with van der Waals surface area (Å²) in [6.45, 7) is 0. The molecule has 1 aromatic carbocycles. The molecule has 1 fully saturated rings. The Morgan fingerprint density at radius 1 is 1.30 bits per heavy atom. The molecule has 0 aliphatic heterocycles. The molecule has 0 saturated heterocycles. The first-order valence-electron chi connectivity index (χ1n) is 6.45. The van der Waals surface area contributed by atoms with Gasteiger partial charge in [-0.15, -0.1) is 11.8 Å². The number of carbonyl (C=O) groups excluding carboxylic acids is 1. The van der Waals surface area contributed by atoms with Gasteiger partial charge in [0.25, 0.3) is 0 Å². The molecule has 6 heteroatoms. The highest BCUT2D eigenvalue weighted by Crippen LogP contribution is 2.26. The Morgan fingerprint density at radius 3 is 2.60 bits per heavy atom. The van der Waals surface area contributed by atoms with E-state index in [0.717, 1.165) is 15.8 Å². The summed E-state index contributed by atoms with van der Waals surface area (Å²) >= 11 is 4.84. The normalized spacial score (nSPS) is 21.6. The summed E-state index contributed by atoms with van der Waals surface area (Å²) in [5.74, 6) is -0.741. The molecular weight excluding hydrogens is 342 g/mol. The maximum absolute atomic E-state index is 11.8. The van der Waals surface area contributed by atoms with Crippen LogP contribution in [0.1, 0.15) is 19.3 Å². The van der Waals surface area contributed by atoms with Crippen LogP contribution < -0.4 is 5.32 Å². The van der Waals surface area contributed by atoms with Gasteiger partial charge in [0.15, 0.2) is 0 Å². The SMILES string of the molecule is O=C(CSc1ccc(Br)cc1)N[C@H]1CC[C@@H](C(=O)O)C1. The number of thioether (sulfide) groups is 1. The van der Waals surface area contributed by atoms with Crippen molar-refractivity contribution in [3.05, 3.63) is 28.7 Å². The lowest BCUT2D eigenvalue weighted by molar-refractivity contribution is -0.141. The summed E-state index contributed by atoms with van der Waals surface area (Å²) in [6, 6.07) is 7.80. The molecule has 0 aromatic heterocycles. The Kier molecular flexibility index (Phi) is 5.48. The minimum atomic E-state index is -0.758. The number of nitrogens with one attached hydrogen (secondary N) is 1. The second-order valence-corrected chi connectivity index (χ2v) is 6.82. The molecule has 108 valence electrons. The molecule has 4 nitrogen and oxygen atoms in total. The van der Waals surface area contributed by atoms with E-state index in [9.17, 15) is 9.59 Å². The van der Waals surface area contributed by atoms with Gasteiger partial charge >= 0.3 is 5.97 Å². The highest BCUT2D eigenvalue weighted by atomic mass is 79.9. The van der Waals surface area contributed by atoms with Crippen molar-refractivity contribution in [2.45, 2.75) is 30.2 Å². The molecule has 2 rings (SSSR count). The van der Waals surface area contributed by atoms with Crippen LogP contribution in [0.3, 0.4) is 0 Å². The van der Waals surface area contributed by atoms with Crippen molar-refractivity contribution < 1.29 is 14.7 Å². The molecule has 0 heterocycles. The largest absolute Gasteiger partial charge is 0.481 e. The van der Waals surface area contributed by atoms with E-state index in [-0.39, 0.29) is 17.9 Å². The van der Waals surface area contributed by atoms with E-state index in [1.165, 1.54) is 11.8 Å². The van der Waals surface area contributed by atoms with Gasteiger partial charge in [0, 0.05) is 15.4 Å². The molecule has 1 aliphatic carbocycles. The Bertz CT molecular complexity index is 492. The van der Waals surface area contributed by atoms with Gasteiger partial charge < -0.3 is 10.4 Å². The number of hydrogen-bond donors (Lipinski definition) is 2. The fourth-order valence-corrected chi connectivity index (χ4v) is 3.26. The van der Waals surface area contributed by atoms with E-state index in [0.29, 0.717) is 18.6 Å². The first kappa shape index (κ1) is 15.4. The number of amides is 1. The number of carbonyl (C=O) groups is 2. The van der Waals surface area contributed by atoms with Gasteiger partial charge in [-0.05, 0) is 43.5 Å². The zero-order valence-electron chi connectivity index (χ0n) is 10.8. The lowest BCUT2D eigenvalue weighted by Gasteiger charge is -2.12. The number of benzene rings is 1. The fourth-order valence-electron chi connectivity index (χ4n) is 2.29. The van der Waals surface area contributed by atoms with Crippen LogP contribution in [0.15, 0.2) is 33.6 Å². The van der Waals surface area contributed by atoms with Crippen LogP contribution in [-0.4, -0.2) is 28.8 Å². The Hall–Kier alpha value is -1.01. The van der Waals surface area contributed by atoms with E-state index in [1.807, 2.05) is 24.3 Å². The second-order valence-electron chi connectivity index (χ2n) is 4.86. The summed E-state index contributed by atoms with van der Waals surface area (Å²) in [6.07, 6.45) is 1.95. The molecule has 1 saturated carbocycles. The van der Waals surface area contributed by atoms with Crippen LogP contribution in [0.25, 0.3) is 0 Å². The van der Waals surface area contributed by atoms with Gasteiger partial charge in [-0.1, -0.05) is 15.9 Å². The lowest BCUT2D eigenvalue weighted by atomic mass is 10.1. The van der Waals surface area contributed by atoms with Crippen molar-refractivity contribution in [1.82, 2.24) is 5.32 Å². The minimum Gasteiger partial charge on any atom is -0.481 e. The summed E-state index contributed by atoms with van der Waals surface area (Å²) in [5.41, 5.74) is 0. The molecule has 0 spiro atoms. The number of aliphatic carboxylic acids is 1. The monoisotopic (exact) mass is 357 g/mol. The van der Waals surface area contributed by atoms with Crippen molar-refractivity contribution in [2.24, 2.45) is 5.92 Å². The summed E-state index contributed by atoms with van der Waals surface area (Å²) in [7, 11) is 0. The van der Waals surface area contributed by atoms with Crippen LogP contribution in [-0.2, 0) is 9.59 Å². The molecule has 0 unspecified atom stereocenters. The molecule has 1 amide bonds. The van der Waals surface area contributed by atoms with Crippen LogP contribution in [0.4, 0.5) is 0 Å². The van der Waals surface area contributed by atoms with E-state index < -0.39 is 5.97 Å². The molecule has 1 aromatic rings. The Morgan fingerprint density at radius 2 is 2.00 bits per heavy atom. The van der Waals surface area contributed by atoms with E-state index in [4.69, 9.17) is 5.11 Å². The van der Waals surface area contributed by atoms with Crippen molar-refractivity contribution >= 4 is 39.6 Å². The molecule has 0 radical (unpaired) electrons. The van der Waals surface area contributed by atoms with Crippen LogP contribution >= 0.6 is 27.7 Å². The van der Waals surface area contributed by atoms with E-state index >= 15 is 0 Å². The van der Waals surface area contributed by atoms with Gasteiger partial charge in [-0.25, -0.2) is 0 Å². The lowest BCUT2D eigenvalue weighted by Crippen LogP contribution is -2.34. The number of rotatable bonds is 5. The average molecular weight is 358 g/mol. The van der Waals surface area contributed by atoms with E-state index in [2.05, 4.69) is 21.2 Å². The predicted molar refractivity (Wildman–Crippen MR) is 81.8 cm³/mol. The highest BCUT2D eigenvalue weighted by Gasteiger charge is 2.30. The van der Waals surface area contributed by atoms with Crippen LogP contribution in [0, 0.1) is 5.92 Å². The van der Waals surface area contributed by atoms with Gasteiger partial charge in [0.2, 0.25) is 5.91 Å². The highest BCUT2D eigenvalue weighted by molar-refractivity contribution is 9.10. The number of halogens is 1. The molecular formula is C14H16BrNO3S. The summed E-state index contributed by atoms with van der Waals surface area (Å²) < 4.78 is 1.01. The van der Waals surface area contributed by atoms with Crippen LogP contribution in [0.2, 0.25) is 0 Å². The third kappa shape index (κ3) is 4.52. The number of hydrogen-bond acceptors (Lipinski definition) is 3. The maximum Gasteiger partial charge on any atom is 0.306 e. The third-order valence-electron chi connectivity index (χ3n) is 3.33. The summed E-state index contributed by atoms with van der Waals surface area (Å²) in [5, 5.41) is 11.8. The topological polar surface area (TPSA) is 66.4 Å². The van der Waals surface area contributed by atoms with Crippen molar-refractivity contribution in [3.8, 4) is 0 Å². The standard InChI is InChI=1S/C14H16BrNO3S/c15-10-2-5-12(6-3-10)20-8-13(17)16-11-4-1-9(7-11)14(18)19/h2-3,5-6,9,11H,1,4,7-8H2,(H,16,17)(H,18,19)/t9-,11+/m1/s1. The fraction of sp³-hybridized carbons (Fsp3) is 0.429. The van der Waals surface area contributed by atoms with E-state index in [1.54, 1.807) is 0 Å². The zero-order chi connectivity index (χ0) is 14.5. The van der Waals surface area contributed by atoms with Gasteiger partial charge in [-0.3, -0.25) is 9.59 Å². The van der Waals surface area contributed by atoms with Gasteiger partial charge in [-0.2, -0.15) is 0 Å². The molecule has 1 aliphatic rings. The molecule has 2 N–H and O–H groups in total. The first-order valence-corrected chi connectivity index (χ1v) is 8.23. The first-order chi connectivity index (χ1) is 9.54. The Balaban J connectivity index is 1.73. The quantitative estimate of drug-likeness (QED) is 0.795. The van der Waals surface area contributed by atoms with Gasteiger partial charge in [0.05, 0.1) is 11.7 Å². The summed E-state index contributed by atoms with van der Waals surface area (Å²) in [4.78, 5) is 23.7. The molecule has 20 heavy (non-hydrogen) atoms. The average Bonchev–Trinajstić information content (AvgIpc) is 2.87. The maximum atomic E-state index is 11.8. The molecule has 2 atom stereocenters. The zero-order valence-corrected chi connectivity index (χ0v) is 13.2. The van der Waals surface area contributed by atoms with Crippen molar-refractivity contribution in [1.29, 1.82) is 0 Å². The smallest absolute Gasteiger partial charge is 0.306 e. The van der Waals surface area contributed by atoms with Gasteiger partial charge in [0.1, 0.15) is 0 Å². The third-order valence-corrected chi connectivity index (χ3v) is 4.87. The Labute approximate surface area is 130 Å². The minimum absolute atomic E-state index is 0.00844. The van der Waals surface area contributed by atoms with Crippen molar-refractivity contribution in [2.75, 3.05) is 5.75 Å². The second kappa shape index (κ2) is 7.13. The van der Waals surface area contributed by atoms with Crippen molar-refractivity contribution in [3.63, 3.8) is 0 Å². The predicted octanol–water partition coefficient (Wildman–Crippen LogP) is 2.91. The number of carboxylic acid groups (broad SMARTS) is 1.